The molecule has 160 valence electrons. The third-order valence-electron chi connectivity index (χ3n) is 3.48. The number of hydrogen-bond acceptors (Lipinski definition) is 5. The lowest BCUT2D eigenvalue weighted by molar-refractivity contribution is 0.0529. The largest absolute Gasteiger partial charge is 0.497 e. The van der Waals surface area contributed by atoms with Gasteiger partial charge in [-0.15, -0.1) is 24.0 Å². The van der Waals surface area contributed by atoms with E-state index in [4.69, 9.17) is 14.2 Å². The number of hydrogen-bond donors (Lipinski definition) is 3. The molecule has 0 aliphatic carbocycles. The summed E-state index contributed by atoms with van der Waals surface area (Å²) in [5.74, 6) is 2.27. The lowest BCUT2D eigenvalue weighted by Crippen LogP contribution is -2.43. The lowest BCUT2D eigenvalue weighted by Gasteiger charge is -2.20. The Kier molecular flexibility index (Phi) is 12.4. The summed E-state index contributed by atoms with van der Waals surface area (Å²) in [5.41, 5.74) is 0.544. The fourth-order valence-corrected chi connectivity index (χ4v) is 2.27. The van der Waals surface area contributed by atoms with Gasteiger partial charge in [0.15, 0.2) is 5.96 Å². The zero-order valence-electron chi connectivity index (χ0n) is 17.5. The van der Waals surface area contributed by atoms with Gasteiger partial charge in [-0.1, -0.05) is 0 Å². The summed E-state index contributed by atoms with van der Waals surface area (Å²) in [7, 11) is 4.99. The molecule has 0 aromatic heterocycles. The number of aliphatic imine (C=N–C) groups is 1. The highest BCUT2D eigenvalue weighted by Gasteiger charge is 2.15. The van der Waals surface area contributed by atoms with Gasteiger partial charge in [0.25, 0.3) is 0 Å². The second kappa shape index (κ2) is 13.3. The number of amides is 1. The van der Waals surface area contributed by atoms with Crippen molar-refractivity contribution in [1.82, 2.24) is 16.0 Å². The van der Waals surface area contributed by atoms with Crippen molar-refractivity contribution in [3.63, 3.8) is 0 Å². The van der Waals surface area contributed by atoms with Crippen LogP contribution in [-0.2, 0) is 11.2 Å². The average Bonchev–Trinajstić information content (AvgIpc) is 2.62. The zero-order chi connectivity index (χ0) is 20.3. The molecule has 1 aromatic rings. The first-order valence-electron chi connectivity index (χ1n) is 8.91. The molecule has 1 rings (SSSR count). The topological polar surface area (TPSA) is 93.2 Å². The van der Waals surface area contributed by atoms with Gasteiger partial charge >= 0.3 is 6.09 Å². The molecule has 1 aromatic carbocycles. The van der Waals surface area contributed by atoms with Crippen molar-refractivity contribution in [3.8, 4) is 11.5 Å². The molecule has 0 aliphatic heterocycles. The maximum atomic E-state index is 11.6. The fraction of sp³-hybridized carbons (Fsp3) is 0.579. The number of nitrogens with zero attached hydrogens (tertiary/aromatic N) is 1. The van der Waals surface area contributed by atoms with Crippen molar-refractivity contribution in [3.05, 3.63) is 23.8 Å². The van der Waals surface area contributed by atoms with Crippen LogP contribution in [0.2, 0.25) is 0 Å². The van der Waals surface area contributed by atoms with Crippen LogP contribution in [0.4, 0.5) is 4.79 Å². The number of halogens is 1. The summed E-state index contributed by atoms with van der Waals surface area (Å²) in [5, 5.41) is 9.06. The van der Waals surface area contributed by atoms with Crippen LogP contribution in [0.15, 0.2) is 23.2 Å². The second-order valence-electron chi connectivity index (χ2n) is 6.78. The fourth-order valence-electron chi connectivity index (χ4n) is 2.27. The molecule has 3 N–H and O–H groups in total. The van der Waals surface area contributed by atoms with E-state index in [0.29, 0.717) is 25.6 Å². The summed E-state index contributed by atoms with van der Waals surface area (Å²) in [6, 6.07) is 5.72. The van der Waals surface area contributed by atoms with Crippen molar-refractivity contribution in [2.24, 2.45) is 4.99 Å². The molecule has 0 atom stereocenters. The van der Waals surface area contributed by atoms with Crippen LogP contribution < -0.4 is 25.4 Å². The van der Waals surface area contributed by atoms with Gasteiger partial charge < -0.3 is 30.2 Å². The predicted molar refractivity (Wildman–Crippen MR) is 122 cm³/mol. The Bertz CT molecular complexity index is 633. The first kappa shape index (κ1) is 26.1. The van der Waals surface area contributed by atoms with Gasteiger partial charge in [-0.3, -0.25) is 4.99 Å². The van der Waals surface area contributed by atoms with E-state index >= 15 is 0 Å². The molecule has 0 saturated carbocycles. The highest BCUT2D eigenvalue weighted by Crippen LogP contribution is 2.24. The molecule has 28 heavy (non-hydrogen) atoms. The third kappa shape index (κ3) is 10.4. The zero-order valence-corrected chi connectivity index (χ0v) is 19.9. The molecule has 0 fully saturated rings. The second-order valence-corrected chi connectivity index (χ2v) is 6.78. The molecule has 8 nitrogen and oxygen atoms in total. The summed E-state index contributed by atoms with van der Waals surface area (Å²) in [4.78, 5) is 15.8. The van der Waals surface area contributed by atoms with Gasteiger partial charge in [-0.25, -0.2) is 4.79 Å². The number of carbonyl (C=O) groups excluding carboxylic acids is 1. The van der Waals surface area contributed by atoms with E-state index in [1.165, 1.54) is 0 Å². The van der Waals surface area contributed by atoms with E-state index in [0.717, 1.165) is 23.5 Å². The van der Waals surface area contributed by atoms with Crippen LogP contribution in [0.25, 0.3) is 0 Å². The lowest BCUT2D eigenvalue weighted by atomic mass is 10.1. The average molecular weight is 508 g/mol. The molecule has 1 amide bonds. The van der Waals surface area contributed by atoms with Gasteiger partial charge in [0.1, 0.15) is 17.1 Å². The number of methoxy groups -OCH3 is 2. The van der Waals surface area contributed by atoms with Gasteiger partial charge in [0.2, 0.25) is 0 Å². The number of benzene rings is 1. The third-order valence-corrected chi connectivity index (χ3v) is 3.48. The molecule has 0 saturated heterocycles. The van der Waals surface area contributed by atoms with E-state index in [2.05, 4.69) is 20.9 Å². The Labute approximate surface area is 184 Å². The number of nitrogens with one attached hydrogen (secondary N) is 3. The minimum atomic E-state index is -0.504. The summed E-state index contributed by atoms with van der Waals surface area (Å²) in [6.45, 7) is 7.11. The van der Waals surface area contributed by atoms with Crippen molar-refractivity contribution >= 4 is 36.0 Å². The molecular weight excluding hydrogens is 475 g/mol. The Morgan fingerprint density at radius 1 is 1.04 bits per heavy atom. The Balaban J connectivity index is 0.00000729. The molecule has 9 heteroatoms. The standard InChI is InChI=1S/C19H32N4O4.HI/c1-19(2,3)27-18(24)23-12-11-22-17(20-4)21-10-9-14-13-15(25-5)7-8-16(14)26-6;/h7-8,13H,9-12H2,1-6H3,(H,23,24)(H2,20,21,22);1H. The Morgan fingerprint density at radius 3 is 2.25 bits per heavy atom. The van der Waals surface area contributed by atoms with Crippen LogP contribution in [0.3, 0.4) is 0 Å². The van der Waals surface area contributed by atoms with E-state index in [1.54, 1.807) is 21.3 Å². The molecule has 0 radical (unpaired) electrons. The Morgan fingerprint density at radius 2 is 1.68 bits per heavy atom. The summed E-state index contributed by atoms with van der Waals surface area (Å²) in [6.07, 6.45) is 0.314. The molecule has 0 spiro atoms. The predicted octanol–water partition coefficient (Wildman–Crippen LogP) is 2.55. The minimum Gasteiger partial charge on any atom is -0.497 e. The quantitative estimate of drug-likeness (QED) is 0.216. The highest BCUT2D eigenvalue weighted by atomic mass is 127. The van der Waals surface area contributed by atoms with Crippen LogP contribution in [0.1, 0.15) is 26.3 Å². The van der Waals surface area contributed by atoms with E-state index < -0.39 is 11.7 Å². The van der Waals surface area contributed by atoms with Crippen LogP contribution in [0.5, 0.6) is 11.5 Å². The maximum absolute atomic E-state index is 11.6. The first-order valence-corrected chi connectivity index (χ1v) is 8.91. The monoisotopic (exact) mass is 508 g/mol. The van der Waals surface area contributed by atoms with Gasteiger partial charge in [-0.2, -0.15) is 0 Å². The molecule has 0 unspecified atom stereocenters. The highest BCUT2D eigenvalue weighted by molar-refractivity contribution is 14.0. The maximum Gasteiger partial charge on any atom is 0.407 e. The number of alkyl carbamates (subject to hydrolysis) is 1. The molecular formula is C19H33IN4O4. The van der Waals surface area contributed by atoms with Crippen LogP contribution in [0, 0.1) is 0 Å². The molecule has 0 bridgehead atoms. The first-order chi connectivity index (χ1) is 12.8. The SMILES string of the molecule is CN=C(NCCNC(=O)OC(C)(C)C)NCCc1cc(OC)ccc1OC.I. The normalized spacial score (nSPS) is 11.1. The van der Waals surface area contributed by atoms with Gasteiger partial charge in [0.05, 0.1) is 14.2 Å². The van der Waals surface area contributed by atoms with Crippen molar-refractivity contribution in [1.29, 1.82) is 0 Å². The van der Waals surface area contributed by atoms with Crippen LogP contribution >= 0.6 is 24.0 Å². The molecule has 0 aliphatic rings. The Hall–Kier alpha value is -1.91. The van der Waals surface area contributed by atoms with E-state index in [-0.39, 0.29) is 24.0 Å². The van der Waals surface area contributed by atoms with E-state index in [9.17, 15) is 4.79 Å². The minimum absolute atomic E-state index is 0. The summed E-state index contributed by atoms with van der Waals surface area (Å²) >= 11 is 0. The van der Waals surface area contributed by atoms with Crippen molar-refractivity contribution in [2.75, 3.05) is 40.9 Å². The molecule has 0 heterocycles. The number of rotatable bonds is 8. The smallest absolute Gasteiger partial charge is 0.407 e. The van der Waals surface area contributed by atoms with Crippen molar-refractivity contribution in [2.45, 2.75) is 32.8 Å². The van der Waals surface area contributed by atoms with Gasteiger partial charge in [-0.05, 0) is 51.0 Å². The van der Waals surface area contributed by atoms with E-state index in [1.807, 2.05) is 39.0 Å². The van der Waals surface area contributed by atoms with Gasteiger partial charge in [0, 0.05) is 26.7 Å². The van der Waals surface area contributed by atoms with Crippen LogP contribution in [-0.4, -0.2) is 58.6 Å². The van der Waals surface area contributed by atoms with Crippen molar-refractivity contribution < 1.29 is 19.0 Å². The number of guanidine groups is 1. The number of ether oxygens (including phenoxy) is 3. The summed E-state index contributed by atoms with van der Waals surface area (Å²) < 4.78 is 15.8. The number of carbonyl (C=O) groups is 1.